The molecule has 3 nitrogen and oxygen atoms in total. The first-order valence-corrected chi connectivity index (χ1v) is 9.87. The maximum absolute atomic E-state index is 13.2. The van der Waals surface area contributed by atoms with E-state index in [2.05, 4.69) is 35.1 Å². The fourth-order valence-corrected chi connectivity index (χ4v) is 3.18. The van der Waals surface area contributed by atoms with Gasteiger partial charge in [0.25, 0.3) is 0 Å². The molecule has 2 aromatic rings. The van der Waals surface area contributed by atoms with Crippen LogP contribution in [0.2, 0.25) is 5.02 Å². The molecular weight excluding hydrogens is 421 g/mol. The van der Waals surface area contributed by atoms with Crippen LogP contribution in [0, 0.1) is 5.82 Å². The minimum Gasteiger partial charge on any atom is -0.490 e. The summed E-state index contributed by atoms with van der Waals surface area (Å²) in [6.45, 7) is 7.74. The van der Waals surface area contributed by atoms with Crippen LogP contribution in [0.1, 0.15) is 38.3 Å². The zero-order chi connectivity index (χ0) is 19.1. The molecule has 0 aliphatic rings. The summed E-state index contributed by atoms with van der Waals surface area (Å²) >= 11 is 9.65. The van der Waals surface area contributed by atoms with Gasteiger partial charge in [-0.25, -0.2) is 4.39 Å². The lowest BCUT2D eigenvalue weighted by atomic mass is 10.1. The molecule has 0 saturated carbocycles. The van der Waals surface area contributed by atoms with Gasteiger partial charge in [-0.15, -0.1) is 0 Å². The molecule has 0 fully saturated rings. The standard InChI is InChI=1S/C20H24BrClFNO2/c1-4-13(3)24-11-14-8-17(21)20(19(9-14)25-5-2)26-12-15-6-7-16(23)10-18(15)22/h6-10,13,24H,4-5,11-12H2,1-3H3/t13-/m1/s1. The van der Waals surface area contributed by atoms with E-state index >= 15 is 0 Å². The SMILES string of the molecule is CCOc1cc(CN[C@H](C)CC)cc(Br)c1OCc1ccc(F)cc1Cl. The fourth-order valence-electron chi connectivity index (χ4n) is 2.35. The lowest BCUT2D eigenvalue weighted by Gasteiger charge is -2.17. The van der Waals surface area contributed by atoms with Gasteiger partial charge < -0.3 is 14.8 Å². The predicted octanol–water partition coefficient (Wildman–Crippen LogP) is 6.11. The van der Waals surface area contributed by atoms with Crippen molar-refractivity contribution in [3.05, 3.63) is 56.8 Å². The van der Waals surface area contributed by atoms with E-state index in [1.807, 2.05) is 19.1 Å². The summed E-state index contributed by atoms with van der Waals surface area (Å²) in [6, 6.07) is 8.71. The van der Waals surface area contributed by atoms with Crippen LogP contribution in [-0.4, -0.2) is 12.6 Å². The number of nitrogens with one attached hydrogen (secondary N) is 1. The molecule has 2 rings (SSSR count). The van der Waals surface area contributed by atoms with Gasteiger partial charge in [-0.05, 0) is 66.0 Å². The molecule has 26 heavy (non-hydrogen) atoms. The number of rotatable bonds is 9. The molecule has 0 spiro atoms. The van der Waals surface area contributed by atoms with E-state index in [1.54, 1.807) is 6.07 Å². The van der Waals surface area contributed by atoms with Crippen molar-refractivity contribution in [1.82, 2.24) is 5.32 Å². The molecule has 1 N–H and O–H groups in total. The summed E-state index contributed by atoms with van der Waals surface area (Å²) in [6.07, 6.45) is 1.07. The van der Waals surface area contributed by atoms with E-state index in [9.17, 15) is 4.39 Å². The Morgan fingerprint density at radius 3 is 2.62 bits per heavy atom. The Morgan fingerprint density at radius 2 is 1.96 bits per heavy atom. The first-order valence-electron chi connectivity index (χ1n) is 8.69. The number of benzene rings is 2. The van der Waals surface area contributed by atoms with E-state index in [-0.39, 0.29) is 12.4 Å². The second-order valence-electron chi connectivity index (χ2n) is 6.05. The zero-order valence-corrected chi connectivity index (χ0v) is 17.6. The predicted molar refractivity (Wildman–Crippen MR) is 108 cm³/mol. The molecule has 0 amide bonds. The number of hydrogen-bond donors (Lipinski definition) is 1. The molecule has 1 atom stereocenters. The topological polar surface area (TPSA) is 30.5 Å². The molecule has 0 saturated heterocycles. The Balaban J connectivity index is 2.18. The van der Waals surface area contributed by atoms with Gasteiger partial charge in [0.2, 0.25) is 0 Å². The van der Waals surface area contributed by atoms with Gasteiger partial charge >= 0.3 is 0 Å². The monoisotopic (exact) mass is 443 g/mol. The second kappa shape index (κ2) is 10.1. The molecule has 6 heteroatoms. The number of halogens is 3. The number of hydrogen-bond acceptors (Lipinski definition) is 3. The lowest BCUT2D eigenvalue weighted by Crippen LogP contribution is -2.24. The molecule has 0 aromatic heterocycles. The Kier molecular flexibility index (Phi) is 8.19. The summed E-state index contributed by atoms with van der Waals surface area (Å²) in [5, 5.41) is 3.81. The average molecular weight is 445 g/mol. The highest BCUT2D eigenvalue weighted by atomic mass is 79.9. The summed E-state index contributed by atoms with van der Waals surface area (Å²) < 4.78 is 25.7. The van der Waals surface area contributed by atoms with Crippen LogP contribution in [0.15, 0.2) is 34.8 Å². The van der Waals surface area contributed by atoms with Crippen molar-refractivity contribution in [3.8, 4) is 11.5 Å². The molecule has 2 aromatic carbocycles. The van der Waals surface area contributed by atoms with Crippen molar-refractivity contribution in [1.29, 1.82) is 0 Å². The van der Waals surface area contributed by atoms with Gasteiger partial charge in [-0.1, -0.05) is 24.6 Å². The molecule has 0 bridgehead atoms. The van der Waals surface area contributed by atoms with E-state index in [0.29, 0.717) is 34.7 Å². The van der Waals surface area contributed by atoms with Crippen LogP contribution in [-0.2, 0) is 13.2 Å². The Hall–Kier alpha value is -1.30. The summed E-state index contributed by atoms with van der Waals surface area (Å²) in [4.78, 5) is 0. The summed E-state index contributed by atoms with van der Waals surface area (Å²) in [7, 11) is 0. The molecule has 142 valence electrons. The van der Waals surface area contributed by atoms with Crippen molar-refractivity contribution in [2.75, 3.05) is 6.61 Å². The first-order chi connectivity index (χ1) is 12.4. The average Bonchev–Trinajstić information content (AvgIpc) is 2.60. The lowest BCUT2D eigenvalue weighted by molar-refractivity contribution is 0.267. The van der Waals surface area contributed by atoms with Gasteiger partial charge in [-0.2, -0.15) is 0 Å². The van der Waals surface area contributed by atoms with Gasteiger partial charge in [0.1, 0.15) is 12.4 Å². The minimum absolute atomic E-state index is 0.224. The third-order valence-electron chi connectivity index (χ3n) is 4.02. The Morgan fingerprint density at radius 1 is 1.19 bits per heavy atom. The van der Waals surface area contributed by atoms with Crippen LogP contribution in [0.3, 0.4) is 0 Å². The second-order valence-corrected chi connectivity index (χ2v) is 7.31. The molecule has 0 heterocycles. The third-order valence-corrected chi connectivity index (χ3v) is 4.96. The van der Waals surface area contributed by atoms with Crippen LogP contribution < -0.4 is 14.8 Å². The molecule has 0 radical (unpaired) electrons. The van der Waals surface area contributed by atoms with Crippen LogP contribution in [0.4, 0.5) is 4.39 Å². The van der Waals surface area contributed by atoms with Crippen LogP contribution >= 0.6 is 27.5 Å². The molecule has 0 unspecified atom stereocenters. The van der Waals surface area contributed by atoms with Gasteiger partial charge in [-0.3, -0.25) is 0 Å². The highest BCUT2D eigenvalue weighted by molar-refractivity contribution is 9.10. The third kappa shape index (κ3) is 5.86. The molecular formula is C20H24BrClFNO2. The van der Waals surface area contributed by atoms with E-state index in [0.717, 1.165) is 23.0 Å². The maximum atomic E-state index is 13.2. The van der Waals surface area contributed by atoms with Gasteiger partial charge in [0.05, 0.1) is 16.1 Å². The van der Waals surface area contributed by atoms with Crippen molar-refractivity contribution < 1.29 is 13.9 Å². The van der Waals surface area contributed by atoms with Gasteiger partial charge in [0, 0.05) is 18.2 Å². The van der Waals surface area contributed by atoms with E-state index in [4.69, 9.17) is 21.1 Å². The first kappa shape index (κ1) is 21.0. The van der Waals surface area contributed by atoms with Crippen LogP contribution in [0.25, 0.3) is 0 Å². The Labute approximate surface area is 168 Å². The summed E-state index contributed by atoms with van der Waals surface area (Å²) in [5.41, 5.74) is 1.82. The number of ether oxygens (including phenoxy) is 2. The normalized spacial score (nSPS) is 12.1. The van der Waals surface area contributed by atoms with Crippen molar-refractivity contribution in [2.24, 2.45) is 0 Å². The quantitative estimate of drug-likeness (QED) is 0.506. The highest BCUT2D eigenvalue weighted by Crippen LogP contribution is 2.38. The zero-order valence-electron chi connectivity index (χ0n) is 15.2. The van der Waals surface area contributed by atoms with E-state index in [1.165, 1.54) is 12.1 Å². The smallest absolute Gasteiger partial charge is 0.175 e. The van der Waals surface area contributed by atoms with E-state index < -0.39 is 0 Å². The largest absolute Gasteiger partial charge is 0.490 e. The van der Waals surface area contributed by atoms with Crippen molar-refractivity contribution >= 4 is 27.5 Å². The molecule has 0 aliphatic carbocycles. The summed E-state index contributed by atoms with van der Waals surface area (Å²) in [5.74, 6) is 0.911. The maximum Gasteiger partial charge on any atom is 0.175 e. The van der Waals surface area contributed by atoms with Crippen LogP contribution in [0.5, 0.6) is 11.5 Å². The van der Waals surface area contributed by atoms with Crippen molar-refractivity contribution in [3.63, 3.8) is 0 Å². The molecule has 0 aliphatic heterocycles. The fraction of sp³-hybridized carbons (Fsp3) is 0.400. The Bertz CT molecular complexity index is 742. The highest BCUT2D eigenvalue weighted by Gasteiger charge is 2.14. The van der Waals surface area contributed by atoms with Gasteiger partial charge in [0.15, 0.2) is 11.5 Å². The minimum atomic E-state index is -0.368. The van der Waals surface area contributed by atoms with Crippen molar-refractivity contribution in [2.45, 2.75) is 46.4 Å².